The number of hydrogen-bond acceptors (Lipinski definition) is 0. The molecule has 7 heteroatoms. The maximum Gasteiger partial charge on any atom is 1.00 e. The summed E-state index contributed by atoms with van der Waals surface area (Å²) in [4.78, 5) is 0. The molecule has 0 atom stereocenters. The average Bonchev–Trinajstić information content (AvgIpc) is 0.722. The van der Waals surface area contributed by atoms with Gasteiger partial charge in [-0.25, -0.2) is 0 Å². The first kappa shape index (κ1) is 18.0. The number of halogens is 4. The summed E-state index contributed by atoms with van der Waals surface area (Å²) in [6.45, 7) is 0. The van der Waals surface area contributed by atoms with Crippen LogP contribution in [0.4, 0.5) is 0 Å². The molecule has 0 aliphatic heterocycles. The summed E-state index contributed by atoms with van der Waals surface area (Å²) >= 11 is -3.17. The molecule has 0 aromatic heterocycles. The Morgan fingerprint density at radius 3 is 0.714 bits per heavy atom. The van der Waals surface area contributed by atoms with Gasteiger partial charge in [-0.3, -0.25) is 0 Å². The molecule has 38 valence electrons. The molecule has 0 bridgehead atoms. The third-order valence-corrected chi connectivity index (χ3v) is 0. The summed E-state index contributed by atoms with van der Waals surface area (Å²) in [5.41, 5.74) is 0. The van der Waals surface area contributed by atoms with Gasteiger partial charge < -0.3 is 0 Å². The number of rotatable bonds is 0. The molecule has 0 N–H and O–H groups in total. The van der Waals surface area contributed by atoms with Crippen molar-refractivity contribution in [3.63, 3.8) is 0 Å². The summed E-state index contributed by atoms with van der Waals surface area (Å²) in [7, 11) is 20.1. The first-order valence-corrected chi connectivity index (χ1v) is 13.1. The van der Waals surface area contributed by atoms with Gasteiger partial charge in [0, 0.05) is 0 Å². The van der Waals surface area contributed by atoms with E-state index in [9.17, 15) is 0 Å². The molecule has 0 radical (unpaired) electrons. The van der Waals surface area contributed by atoms with Crippen LogP contribution in [0.15, 0.2) is 0 Å². The summed E-state index contributed by atoms with van der Waals surface area (Å²) in [6, 6.07) is 0. The van der Waals surface area contributed by atoms with Gasteiger partial charge in [-0.05, 0) is 0 Å². The van der Waals surface area contributed by atoms with Crippen molar-refractivity contribution in [2.24, 2.45) is 0 Å². The zero-order valence-electron chi connectivity index (χ0n) is 3.87. The third-order valence-electron chi connectivity index (χ3n) is 0. The van der Waals surface area contributed by atoms with Crippen LogP contribution in [0.3, 0.4) is 0 Å². The second kappa shape index (κ2) is 9.16. The van der Waals surface area contributed by atoms with Gasteiger partial charge in [-0.2, -0.15) is 0 Å². The second-order valence-electron chi connectivity index (χ2n) is 0.303. The molecule has 0 rings (SSSR count). The number of hydrogen-bond donors (Lipinski definition) is 0. The van der Waals surface area contributed by atoms with Crippen LogP contribution in [0.1, 0.15) is 0 Å². The largest absolute Gasteiger partial charge is 1.00 e. The van der Waals surface area contributed by atoms with E-state index in [0.29, 0.717) is 0 Å². The van der Waals surface area contributed by atoms with E-state index in [1.165, 1.54) is 0 Å². The maximum atomic E-state index is 5.02. The van der Waals surface area contributed by atoms with Crippen molar-refractivity contribution in [2.75, 3.05) is 0 Å². The predicted octanol–water partition coefficient (Wildman–Crippen LogP) is -3.24. The fraction of sp³-hybridized carbons (Fsp3) is 0. The molecule has 0 saturated carbocycles. The molecule has 0 fully saturated rings. The Labute approximate surface area is 147 Å². The fourth-order valence-corrected chi connectivity index (χ4v) is 0. The van der Waals surface area contributed by atoms with E-state index < -0.39 is 11.0 Å². The Kier molecular flexibility index (Phi) is 23.5. The van der Waals surface area contributed by atoms with E-state index in [4.69, 9.17) is 38.6 Å². The zero-order valence-corrected chi connectivity index (χ0v) is 15.7. The quantitative estimate of drug-likeness (QED) is 0.369. The zero-order chi connectivity index (χ0) is 4.50. The van der Waals surface area contributed by atoms with Crippen LogP contribution in [0.25, 0.3) is 0 Å². The van der Waals surface area contributed by atoms with Crippen molar-refractivity contribution >= 4 is 38.6 Å². The van der Waals surface area contributed by atoms with Crippen molar-refractivity contribution in [3.05, 3.63) is 0 Å². The Bertz CT molecular complexity index is 25.2. The molecule has 0 unspecified atom stereocenters. The minimum atomic E-state index is -3.17. The van der Waals surface area contributed by atoms with Gasteiger partial charge in [-0.1, -0.05) is 0 Å². The van der Waals surface area contributed by atoms with Gasteiger partial charge in [-0.15, -0.1) is 0 Å². The summed E-state index contributed by atoms with van der Waals surface area (Å²) in [6.07, 6.45) is 0. The topological polar surface area (TPSA) is 0 Å². The molecular weight excluding hydrogens is 410 g/mol. The van der Waals surface area contributed by atoms with Crippen LogP contribution in [0.5, 0.6) is 0 Å². The molecule has 0 nitrogen and oxygen atoms in total. The van der Waals surface area contributed by atoms with Crippen LogP contribution in [-0.2, 0) is 11.0 Å². The van der Waals surface area contributed by atoms with Crippen LogP contribution < -0.4 is 103 Å². The Balaban J connectivity index is -0.0000000800. The van der Waals surface area contributed by atoms with Crippen molar-refractivity contribution in [1.29, 1.82) is 0 Å². The molecular formula is Cl4K2Os. The first-order valence-electron chi connectivity index (χ1n) is 0.535. The molecule has 0 saturated heterocycles. The van der Waals surface area contributed by atoms with Crippen molar-refractivity contribution < 1.29 is 114 Å². The fourth-order valence-electron chi connectivity index (χ4n) is 0. The third kappa shape index (κ3) is 35.4. The molecule has 0 aromatic rings. The van der Waals surface area contributed by atoms with E-state index in [1.807, 2.05) is 0 Å². The van der Waals surface area contributed by atoms with Crippen molar-refractivity contribution in [3.8, 4) is 0 Å². The van der Waals surface area contributed by atoms with Gasteiger partial charge in [0.1, 0.15) is 0 Å². The van der Waals surface area contributed by atoms with Gasteiger partial charge in [0.25, 0.3) is 0 Å². The molecule has 0 spiro atoms. The normalized spacial score (nSPS) is 10.9. The second-order valence-corrected chi connectivity index (χ2v) is 22.3. The molecule has 0 aliphatic rings. The monoisotopic (exact) mass is 410 g/mol. The van der Waals surface area contributed by atoms with Crippen LogP contribution in [0, 0.1) is 0 Å². The van der Waals surface area contributed by atoms with E-state index >= 15 is 0 Å². The molecule has 0 aromatic carbocycles. The van der Waals surface area contributed by atoms with Crippen LogP contribution in [0.2, 0.25) is 0 Å². The standard InChI is InChI=1S/4ClH.2K.Os/h4*1H;;;/q;;;;2*+1;+2/p-4. The van der Waals surface area contributed by atoms with Crippen LogP contribution >= 0.6 is 38.6 Å². The Morgan fingerprint density at radius 1 is 0.714 bits per heavy atom. The van der Waals surface area contributed by atoms with E-state index in [-0.39, 0.29) is 103 Å². The molecule has 7 heavy (non-hydrogen) atoms. The van der Waals surface area contributed by atoms with Gasteiger partial charge in [0.2, 0.25) is 0 Å². The van der Waals surface area contributed by atoms with E-state index in [0.717, 1.165) is 0 Å². The van der Waals surface area contributed by atoms with Gasteiger partial charge >= 0.3 is 152 Å². The van der Waals surface area contributed by atoms with Gasteiger partial charge in [0.15, 0.2) is 0 Å². The first-order chi connectivity index (χ1) is 2.00. The van der Waals surface area contributed by atoms with E-state index in [2.05, 4.69) is 0 Å². The Morgan fingerprint density at radius 2 is 0.714 bits per heavy atom. The van der Waals surface area contributed by atoms with E-state index in [1.54, 1.807) is 0 Å². The predicted molar refractivity (Wildman–Crippen MR) is 23.4 cm³/mol. The minimum Gasteiger partial charge on any atom is 1.00 e. The summed E-state index contributed by atoms with van der Waals surface area (Å²) in [5, 5.41) is 0. The smallest absolute Gasteiger partial charge is 1.00 e. The average molecular weight is 410 g/mol. The SMILES string of the molecule is [Cl][Os-2]([Cl])([Cl])[Cl].[K+].[K+]. The maximum absolute atomic E-state index is 5.02. The van der Waals surface area contributed by atoms with Crippen molar-refractivity contribution in [1.82, 2.24) is 0 Å². The molecule has 0 aliphatic carbocycles. The van der Waals surface area contributed by atoms with Crippen LogP contribution in [-0.4, -0.2) is 0 Å². The summed E-state index contributed by atoms with van der Waals surface area (Å²) < 4.78 is 0. The Hall–Kier alpha value is 5.07. The van der Waals surface area contributed by atoms with Gasteiger partial charge in [0.05, 0.1) is 0 Å². The molecule has 0 amide bonds. The van der Waals surface area contributed by atoms with Crippen molar-refractivity contribution in [2.45, 2.75) is 0 Å². The minimum absolute atomic E-state index is 0. The summed E-state index contributed by atoms with van der Waals surface area (Å²) in [5.74, 6) is 0. The molecule has 0 heterocycles.